The molecule has 2 N–H and O–H groups in total. The summed E-state index contributed by atoms with van der Waals surface area (Å²) in [6.07, 6.45) is -3.99. The number of alkyl halides is 3. The van der Waals surface area contributed by atoms with Gasteiger partial charge in [-0.2, -0.15) is 13.2 Å². The van der Waals surface area contributed by atoms with Crippen LogP contribution in [0.3, 0.4) is 0 Å². The lowest BCUT2D eigenvalue weighted by molar-refractivity contribution is -0.135. The van der Waals surface area contributed by atoms with E-state index in [2.05, 4.69) is 10.6 Å². The van der Waals surface area contributed by atoms with E-state index in [1.807, 2.05) is 13.8 Å². The van der Waals surface area contributed by atoms with Gasteiger partial charge in [0.25, 0.3) is 0 Å². The van der Waals surface area contributed by atoms with Crippen molar-refractivity contribution in [2.24, 2.45) is 0 Å². The maximum Gasteiger partial charge on any atom is 0.407 e. The minimum atomic E-state index is -4.08. The summed E-state index contributed by atoms with van der Waals surface area (Å²) in [7, 11) is 0. The molecule has 1 amide bonds. The molecule has 0 aromatic heterocycles. The highest BCUT2D eigenvalue weighted by Crippen LogP contribution is 2.22. The fraction of sp³-hybridized carbons (Fsp3) is 0.933. The zero-order valence-electron chi connectivity index (χ0n) is 14.1. The molecule has 0 aliphatic heterocycles. The van der Waals surface area contributed by atoms with Gasteiger partial charge in [-0.25, -0.2) is 4.79 Å². The molecule has 0 aromatic carbocycles. The van der Waals surface area contributed by atoms with Crippen molar-refractivity contribution < 1.29 is 22.7 Å². The van der Waals surface area contributed by atoms with Crippen LogP contribution >= 0.6 is 0 Å². The topological polar surface area (TPSA) is 50.4 Å². The van der Waals surface area contributed by atoms with Crippen molar-refractivity contribution in [1.82, 2.24) is 10.6 Å². The van der Waals surface area contributed by atoms with Gasteiger partial charge in [0.05, 0.1) is 0 Å². The first-order chi connectivity index (χ1) is 9.89. The third-order valence-corrected chi connectivity index (χ3v) is 2.93. The number of nitrogens with one attached hydrogen (secondary N) is 2. The number of hydrogen-bond acceptors (Lipinski definition) is 3. The van der Waals surface area contributed by atoms with Crippen molar-refractivity contribution in [2.75, 3.05) is 6.54 Å². The monoisotopic (exact) mass is 326 g/mol. The number of halogens is 3. The maximum atomic E-state index is 12.0. The minimum absolute atomic E-state index is 0.0241. The molecule has 0 aliphatic carbocycles. The molecule has 0 aromatic rings. The van der Waals surface area contributed by atoms with Gasteiger partial charge in [0.1, 0.15) is 5.60 Å². The quantitative estimate of drug-likeness (QED) is 0.709. The molecule has 4 nitrogen and oxygen atoms in total. The zero-order valence-corrected chi connectivity index (χ0v) is 14.1. The summed E-state index contributed by atoms with van der Waals surface area (Å²) >= 11 is 0. The molecule has 7 heteroatoms. The molecule has 0 spiro atoms. The summed E-state index contributed by atoms with van der Waals surface area (Å²) in [5.41, 5.74) is -0.533. The number of carbonyl (C=O) groups excluding carboxylic acids is 1. The molecule has 0 fully saturated rings. The Kier molecular flexibility index (Phi) is 8.81. The number of carbonyl (C=O) groups is 1. The van der Waals surface area contributed by atoms with E-state index in [1.54, 1.807) is 20.8 Å². The standard InChI is InChI=1S/C15H29F3N2O2/c1-11(7-6-9-15(16,17)18)19-10-8-12(2)20-13(21)22-14(3,4)5/h11-12,19H,6-10H2,1-5H3,(H,20,21). The number of alkyl carbamates (subject to hydrolysis) is 1. The molecule has 132 valence electrons. The Morgan fingerprint density at radius 3 is 2.18 bits per heavy atom. The second-order valence-electron chi connectivity index (χ2n) is 6.70. The number of hydrogen-bond donors (Lipinski definition) is 2. The molecule has 0 radical (unpaired) electrons. The predicted molar refractivity (Wildman–Crippen MR) is 80.8 cm³/mol. The predicted octanol–water partition coefficient (Wildman–Crippen LogP) is 4.00. The molecular formula is C15H29F3N2O2. The normalized spacial score (nSPS) is 15.3. The van der Waals surface area contributed by atoms with Crippen LogP contribution in [0.1, 0.15) is 60.3 Å². The molecule has 0 aliphatic rings. The van der Waals surface area contributed by atoms with Gasteiger partial charge >= 0.3 is 12.3 Å². The summed E-state index contributed by atoms with van der Waals surface area (Å²) < 4.78 is 41.2. The van der Waals surface area contributed by atoms with Gasteiger partial charge in [-0.3, -0.25) is 0 Å². The lowest BCUT2D eigenvalue weighted by atomic mass is 10.1. The van der Waals surface area contributed by atoms with Gasteiger partial charge in [-0.1, -0.05) is 0 Å². The van der Waals surface area contributed by atoms with Crippen LogP contribution < -0.4 is 10.6 Å². The Morgan fingerprint density at radius 1 is 1.09 bits per heavy atom. The summed E-state index contributed by atoms with van der Waals surface area (Å²) in [5.74, 6) is 0. The number of amides is 1. The highest BCUT2D eigenvalue weighted by atomic mass is 19.4. The second-order valence-corrected chi connectivity index (χ2v) is 6.70. The van der Waals surface area contributed by atoms with Crippen molar-refractivity contribution in [2.45, 2.75) is 84.2 Å². The van der Waals surface area contributed by atoms with Crippen LogP contribution in [-0.2, 0) is 4.74 Å². The van der Waals surface area contributed by atoms with E-state index in [4.69, 9.17) is 4.74 Å². The van der Waals surface area contributed by atoms with Crippen LogP contribution in [0.2, 0.25) is 0 Å². The molecule has 0 bridgehead atoms. The highest BCUT2D eigenvalue weighted by Gasteiger charge is 2.26. The third kappa shape index (κ3) is 14.0. The molecule has 2 atom stereocenters. The van der Waals surface area contributed by atoms with Crippen LogP contribution in [0.5, 0.6) is 0 Å². The fourth-order valence-electron chi connectivity index (χ4n) is 1.84. The molecule has 0 heterocycles. The highest BCUT2D eigenvalue weighted by molar-refractivity contribution is 5.67. The zero-order chi connectivity index (χ0) is 17.4. The van der Waals surface area contributed by atoms with Crippen molar-refractivity contribution >= 4 is 6.09 Å². The largest absolute Gasteiger partial charge is 0.444 e. The van der Waals surface area contributed by atoms with E-state index in [9.17, 15) is 18.0 Å². The van der Waals surface area contributed by atoms with E-state index >= 15 is 0 Å². The summed E-state index contributed by atoms with van der Waals surface area (Å²) in [6, 6.07) is -0.0409. The van der Waals surface area contributed by atoms with Crippen LogP contribution in [0.25, 0.3) is 0 Å². The minimum Gasteiger partial charge on any atom is -0.444 e. The first-order valence-electron chi connectivity index (χ1n) is 7.68. The maximum absolute atomic E-state index is 12.0. The van der Waals surface area contributed by atoms with Crippen LogP contribution in [-0.4, -0.2) is 36.5 Å². The summed E-state index contributed by atoms with van der Waals surface area (Å²) in [4.78, 5) is 11.5. The average molecular weight is 326 g/mol. The van der Waals surface area contributed by atoms with Gasteiger partial charge in [0.15, 0.2) is 0 Å². The van der Waals surface area contributed by atoms with Crippen LogP contribution in [0, 0.1) is 0 Å². The lowest BCUT2D eigenvalue weighted by Crippen LogP contribution is -2.39. The molecule has 0 rings (SSSR count). The average Bonchev–Trinajstić information content (AvgIpc) is 2.23. The summed E-state index contributed by atoms with van der Waals surface area (Å²) in [6.45, 7) is 9.73. The van der Waals surface area contributed by atoms with E-state index < -0.39 is 24.3 Å². The van der Waals surface area contributed by atoms with Crippen molar-refractivity contribution in [3.8, 4) is 0 Å². The van der Waals surface area contributed by atoms with Crippen LogP contribution in [0.4, 0.5) is 18.0 Å². The van der Waals surface area contributed by atoms with E-state index in [-0.39, 0.29) is 18.5 Å². The second kappa shape index (κ2) is 9.22. The molecule has 0 saturated heterocycles. The molecular weight excluding hydrogens is 297 g/mol. The van der Waals surface area contributed by atoms with E-state index in [0.717, 1.165) is 0 Å². The number of rotatable bonds is 8. The Balaban J connectivity index is 3.75. The van der Waals surface area contributed by atoms with Crippen LogP contribution in [0.15, 0.2) is 0 Å². The van der Waals surface area contributed by atoms with Gasteiger partial charge in [-0.05, 0) is 60.4 Å². The Bertz CT molecular complexity index is 328. The first-order valence-corrected chi connectivity index (χ1v) is 7.68. The SMILES string of the molecule is CC(CCCC(F)(F)F)NCCC(C)NC(=O)OC(C)(C)C. The molecule has 22 heavy (non-hydrogen) atoms. The van der Waals surface area contributed by atoms with Gasteiger partial charge in [-0.15, -0.1) is 0 Å². The molecule has 0 saturated carbocycles. The van der Waals surface area contributed by atoms with Gasteiger partial charge in [0.2, 0.25) is 0 Å². The van der Waals surface area contributed by atoms with Crippen molar-refractivity contribution in [3.63, 3.8) is 0 Å². The lowest BCUT2D eigenvalue weighted by Gasteiger charge is -2.22. The summed E-state index contributed by atoms with van der Waals surface area (Å²) in [5, 5.41) is 5.89. The van der Waals surface area contributed by atoms with E-state index in [0.29, 0.717) is 19.4 Å². The first kappa shape index (κ1) is 21.0. The van der Waals surface area contributed by atoms with Gasteiger partial charge in [0, 0.05) is 18.5 Å². The Labute approximate surface area is 131 Å². The Hall–Kier alpha value is -0.980. The Morgan fingerprint density at radius 2 is 1.68 bits per heavy atom. The van der Waals surface area contributed by atoms with Gasteiger partial charge < -0.3 is 15.4 Å². The van der Waals surface area contributed by atoms with Crippen molar-refractivity contribution in [1.29, 1.82) is 0 Å². The third-order valence-electron chi connectivity index (χ3n) is 2.93. The number of ether oxygens (including phenoxy) is 1. The fourth-order valence-corrected chi connectivity index (χ4v) is 1.84. The van der Waals surface area contributed by atoms with Crippen molar-refractivity contribution in [3.05, 3.63) is 0 Å². The smallest absolute Gasteiger partial charge is 0.407 e. The van der Waals surface area contributed by atoms with E-state index in [1.165, 1.54) is 0 Å². The molecule has 2 unspecified atom stereocenters.